The number of ether oxygens (including phenoxy) is 2. The van der Waals surface area contributed by atoms with Gasteiger partial charge >= 0.3 is 11.9 Å². The molecule has 1 unspecified atom stereocenters. The summed E-state index contributed by atoms with van der Waals surface area (Å²) in [5.74, 6) is -0.562. The third kappa shape index (κ3) is 7.45. The maximum atomic E-state index is 13.1. The molecular formula is C25H46NO5. The molecule has 1 aliphatic heterocycles. The molecule has 1 heterocycles. The Labute approximate surface area is 190 Å². The molecule has 6 nitrogen and oxygen atoms in total. The van der Waals surface area contributed by atoms with Gasteiger partial charge in [-0.3, -0.25) is 9.59 Å². The SMILES string of the molecule is CCCCCCOC(=O)C(C)(CC)CC(C)(C)C(=O)OC1CC(C)(C)N([O])C(C)(C)C1. The smallest absolute Gasteiger partial charge is 0.311 e. The van der Waals surface area contributed by atoms with E-state index in [1.54, 1.807) is 0 Å². The monoisotopic (exact) mass is 440 g/mol. The van der Waals surface area contributed by atoms with E-state index in [1.165, 1.54) is 0 Å². The van der Waals surface area contributed by atoms with Crippen molar-refractivity contribution in [3.8, 4) is 0 Å². The zero-order chi connectivity index (χ0) is 24.1. The molecule has 1 fully saturated rings. The third-order valence-corrected chi connectivity index (χ3v) is 6.72. The minimum absolute atomic E-state index is 0.241. The zero-order valence-electron chi connectivity index (χ0n) is 21.4. The number of carbonyl (C=O) groups excluding carboxylic acids is 2. The van der Waals surface area contributed by atoms with E-state index in [9.17, 15) is 14.8 Å². The number of hydrogen-bond donors (Lipinski definition) is 0. The summed E-state index contributed by atoms with van der Waals surface area (Å²) in [6.07, 6.45) is 5.82. The molecule has 31 heavy (non-hydrogen) atoms. The van der Waals surface area contributed by atoms with Gasteiger partial charge in [-0.2, -0.15) is 0 Å². The number of hydroxylamine groups is 2. The van der Waals surface area contributed by atoms with Gasteiger partial charge in [0.2, 0.25) is 0 Å². The van der Waals surface area contributed by atoms with Crippen molar-refractivity contribution >= 4 is 11.9 Å². The van der Waals surface area contributed by atoms with Crippen molar-refractivity contribution in [1.82, 2.24) is 5.06 Å². The van der Waals surface area contributed by atoms with Crippen LogP contribution >= 0.6 is 0 Å². The van der Waals surface area contributed by atoms with Crippen LogP contribution in [0.2, 0.25) is 0 Å². The number of rotatable bonds is 11. The van der Waals surface area contributed by atoms with Crippen LogP contribution in [0.15, 0.2) is 0 Å². The van der Waals surface area contributed by atoms with E-state index in [0.29, 0.717) is 32.3 Å². The molecule has 0 spiro atoms. The highest BCUT2D eigenvalue weighted by Crippen LogP contribution is 2.42. The van der Waals surface area contributed by atoms with Gasteiger partial charge in [0.05, 0.1) is 17.4 Å². The Morgan fingerprint density at radius 2 is 1.48 bits per heavy atom. The molecule has 6 heteroatoms. The normalized spacial score (nSPS) is 21.4. The van der Waals surface area contributed by atoms with Gasteiger partial charge < -0.3 is 9.47 Å². The summed E-state index contributed by atoms with van der Waals surface area (Å²) >= 11 is 0. The lowest BCUT2D eigenvalue weighted by atomic mass is 9.72. The summed E-state index contributed by atoms with van der Waals surface area (Å²) < 4.78 is 11.5. The second-order valence-electron chi connectivity index (χ2n) is 11.5. The summed E-state index contributed by atoms with van der Waals surface area (Å²) in [5, 5.41) is 13.7. The van der Waals surface area contributed by atoms with Crippen LogP contribution in [0.4, 0.5) is 0 Å². The summed E-state index contributed by atoms with van der Waals surface area (Å²) in [6.45, 7) is 17.6. The van der Waals surface area contributed by atoms with Gasteiger partial charge in [0.25, 0.3) is 0 Å². The van der Waals surface area contributed by atoms with Crippen LogP contribution in [0.25, 0.3) is 0 Å². The van der Waals surface area contributed by atoms with Crippen molar-refractivity contribution in [3.05, 3.63) is 0 Å². The Morgan fingerprint density at radius 1 is 0.935 bits per heavy atom. The molecule has 0 aromatic carbocycles. The Balaban J connectivity index is 2.77. The molecule has 1 saturated heterocycles. The van der Waals surface area contributed by atoms with Crippen molar-refractivity contribution in [1.29, 1.82) is 0 Å². The molecule has 0 aliphatic carbocycles. The molecule has 0 N–H and O–H groups in total. The van der Waals surface area contributed by atoms with Crippen LogP contribution < -0.4 is 0 Å². The molecule has 0 amide bonds. The van der Waals surface area contributed by atoms with E-state index in [1.807, 2.05) is 55.4 Å². The second kappa shape index (κ2) is 10.7. The maximum Gasteiger partial charge on any atom is 0.311 e. The Kier molecular flexibility index (Phi) is 9.58. The van der Waals surface area contributed by atoms with Gasteiger partial charge in [0.15, 0.2) is 0 Å². The lowest BCUT2D eigenvalue weighted by molar-refractivity contribution is -0.299. The van der Waals surface area contributed by atoms with E-state index < -0.39 is 21.9 Å². The number of hydrogen-bond acceptors (Lipinski definition) is 5. The van der Waals surface area contributed by atoms with Gasteiger partial charge in [-0.05, 0) is 67.7 Å². The standard InChI is InChI=1S/C25H46NO5/c1-10-12-13-14-15-30-21(28)25(9,11-2)18-22(3,4)20(27)31-19-16-23(5,6)26(29)24(7,8)17-19/h19H,10-18H2,1-9H3. The molecule has 0 aromatic heterocycles. The second-order valence-corrected chi connectivity index (χ2v) is 11.5. The predicted octanol–water partition coefficient (Wildman–Crippen LogP) is 5.85. The van der Waals surface area contributed by atoms with E-state index in [4.69, 9.17) is 9.47 Å². The van der Waals surface area contributed by atoms with Crippen molar-refractivity contribution < 1.29 is 24.3 Å². The fraction of sp³-hybridized carbons (Fsp3) is 0.920. The van der Waals surface area contributed by atoms with Crippen molar-refractivity contribution in [2.24, 2.45) is 10.8 Å². The number of esters is 2. The molecule has 0 aromatic rings. The summed E-state index contributed by atoms with van der Waals surface area (Å²) in [5.41, 5.74) is -2.79. The number of piperidine rings is 1. The van der Waals surface area contributed by atoms with Crippen molar-refractivity contribution in [2.75, 3.05) is 6.61 Å². The lowest BCUT2D eigenvalue weighted by Crippen LogP contribution is -2.60. The van der Waals surface area contributed by atoms with Crippen molar-refractivity contribution in [3.63, 3.8) is 0 Å². The summed E-state index contributed by atoms with van der Waals surface area (Å²) in [6, 6.07) is 0. The van der Waals surface area contributed by atoms with Crippen LogP contribution in [0.1, 0.15) is 114 Å². The molecule has 0 bridgehead atoms. The fourth-order valence-electron chi connectivity index (χ4n) is 4.82. The topological polar surface area (TPSA) is 75.7 Å². The van der Waals surface area contributed by atoms with Crippen LogP contribution in [-0.2, 0) is 24.3 Å². The lowest BCUT2D eigenvalue weighted by Gasteiger charge is -2.49. The highest BCUT2D eigenvalue weighted by molar-refractivity contribution is 5.80. The summed E-state index contributed by atoms with van der Waals surface area (Å²) in [4.78, 5) is 25.9. The van der Waals surface area contributed by atoms with Gasteiger partial charge in [0.1, 0.15) is 6.10 Å². The number of unbranched alkanes of at least 4 members (excludes halogenated alkanes) is 3. The number of nitrogens with zero attached hydrogens (tertiary/aromatic N) is 1. The molecular weight excluding hydrogens is 394 g/mol. The van der Waals surface area contributed by atoms with Crippen LogP contribution in [0, 0.1) is 10.8 Å². The Morgan fingerprint density at radius 3 is 1.97 bits per heavy atom. The van der Waals surface area contributed by atoms with Gasteiger partial charge in [0, 0.05) is 23.9 Å². The average Bonchev–Trinajstić information content (AvgIpc) is 2.64. The van der Waals surface area contributed by atoms with E-state index in [0.717, 1.165) is 30.7 Å². The first-order chi connectivity index (χ1) is 14.1. The molecule has 1 aliphatic rings. The largest absolute Gasteiger partial charge is 0.465 e. The third-order valence-electron chi connectivity index (χ3n) is 6.72. The maximum absolute atomic E-state index is 13.1. The molecule has 1 rings (SSSR count). The van der Waals surface area contributed by atoms with E-state index in [2.05, 4.69) is 6.92 Å². The first kappa shape index (κ1) is 27.9. The van der Waals surface area contributed by atoms with Crippen molar-refractivity contribution in [2.45, 2.75) is 131 Å². The highest BCUT2D eigenvalue weighted by Gasteiger charge is 2.49. The molecule has 1 radical (unpaired) electrons. The van der Waals surface area contributed by atoms with Crippen LogP contribution in [0.3, 0.4) is 0 Å². The minimum Gasteiger partial charge on any atom is -0.465 e. The Hall–Kier alpha value is -1.14. The van der Waals surface area contributed by atoms with Gasteiger partial charge in [-0.1, -0.05) is 33.1 Å². The highest BCUT2D eigenvalue weighted by atomic mass is 16.6. The van der Waals surface area contributed by atoms with Gasteiger partial charge in [-0.25, -0.2) is 0 Å². The molecule has 1 atom stereocenters. The molecule has 181 valence electrons. The van der Waals surface area contributed by atoms with E-state index in [-0.39, 0.29) is 18.0 Å². The average molecular weight is 441 g/mol. The minimum atomic E-state index is -0.838. The first-order valence-corrected chi connectivity index (χ1v) is 12.0. The quantitative estimate of drug-likeness (QED) is 0.297. The summed E-state index contributed by atoms with van der Waals surface area (Å²) in [7, 11) is 0. The first-order valence-electron chi connectivity index (χ1n) is 12.0. The predicted molar refractivity (Wildman–Crippen MR) is 122 cm³/mol. The van der Waals surface area contributed by atoms with Crippen LogP contribution in [-0.4, -0.2) is 40.8 Å². The van der Waals surface area contributed by atoms with E-state index >= 15 is 0 Å². The number of carbonyl (C=O) groups is 2. The Bertz CT molecular complexity index is 595. The zero-order valence-corrected chi connectivity index (χ0v) is 21.4. The fourth-order valence-corrected chi connectivity index (χ4v) is 4.82. The van der Waals surface area contributed by atoms with Crippen LogP contribution in [0.5, 0.6) is 0 Å². The van der Waals surface area contributed by atoms with Gasteiger partial charge in [-0.15, -0.1) is 10.3 Å². The molecule has 0 saturated carbocycles.